The number of fused-ring (bicyclic) bond motifs is 3. The molecule has 3 aromatic heterocycles. The normalized spacial score (nSPS) is 12.0. The zero-order valence-corrected chi connectivity index (χ0v) is 34.8. The van der Waals surface area contributed by atoms with Crippen LogP contribution in [0.2, 0.25) is 19.6 Å². The number of para-hydroxylation sites is 1. The number of aryl methyl sites for hydroxylation is 3. The van der Waals surface area contributed by atoms with Gasteiger partial charge in [-0.1, -0.05) is 134 Å². The summed E-state index contributed by atoms with van der Waals surface area (Å²) in [5, 5.41) is 3.54. The average Bonchev–Trinajstić information content (AvgIpc) is 3.48. The van der Waals surface area contributed by atoms with E-state index in [9.17, 15) is 0 Å². The van der Waals surface area contributed by atoms with Crippen molar-refractivity contribution in [2.24, 2.45) is 0 Å². The van der Waals surface area contributed by atoms with Crippen LogP contribution < -0.4 is 5.19 Å². The minimum Gasteiger partial charge on any atom is -0.501 e. The van der Waals surface area contributed by atoms with Crippen LogP contribution >= 0.6 is 0 Å². The van der Waals surface area contributed by atoms with Gasteiger partial charge in [-0.05, 0) is 66.7 Å². The van der Waals surface area contributed by atoms with Crippen molar-refractivity contribution in [1.29, 1.82) is 0 Å². The molecule has 0 fully saturated rings. The van der Waals surface area contributed by atoms with Gasteiger partial charge in [0.05, 0.1) is 13.7 Å². The summed E-state index contributed by atoms with van der Waals surface area (Å²) in [6, 6.07) is 35.8. The van der Waals surface area contributed by atoms with Crippen LogP contribution in [-0.4, -0.2) is 18.0 Å². The molecule has 0 saturated heterocycles. The molecule has 0 spiro atoms. The molecule has 0 aliphatic rings. The quantitative estimate of drug-likeness (QED) is 0.123. The monoisotopic (exact) mass is 866 g/mol. The summed E-state index contributed by atoms with van der Waals surface area (Å²) in [6.07, 6.45) is 3.86. The van der Waals surface area contributed by atoms with Gasteiger partial charge in [-0.15, -0.1) is 48.0 Å². The number of rotatable bonds is 6. The second kappa shape index (κ2) is 15.6. The summed E-state index contributed by atoms with van der Waals surface area (Å²) in [5.74, 6) is -0.174. The Labute approximate surface area is 320 Å². The Morgan fingerprint density at radius 1 is 0.804 bits per heavy atom. The van der Waals surface area contributed by atoms with Crippen molar-refractivity contribution in [3.05, 3.63) is 137 Å². The Morgan fingerprint density at radius 2 is 1.51 bits per heavy atom. The standard InChI is InChI=1S/C29H26NO.C17H22NSi.Ir/c1-17(2)21-12-13-30-25(16-21)22-10-11-24(27-19(4)14-18(3)15-20(27)5)28-23-8-6-7-9-26(23)31-29(22)28;1-13(2)15-11-16(14-9-7-6-8-10-14)18-12-17(15)19(3,4)5;/h6-9,11-17H,1-5H3;6-9,11-13H,1-5H3;/q2*-1;/i;13D;. The summed E-state index contributed by atoms with van der Waals surface area (Å²) in [4.78, 5) is 9.28. The van der Waals surface area contributed by atoms with E-state index in [4.69, 9.17) is 5.79 Å². The molecule has 0 saturated carbocycles. The van der Waals surface area contributed by atoms with Gasteiger partial charge in [0.2, 0.25) is 0 Å². The van der Waals surface area contributed by atoms with E-state index < -0.39 is 14.0 Å². The van der Waals surface area contributed by atoms with Crippen molar-refractivity contribution < 1.29 is 25.9 Å². The molecule has 0 aliphatic carbocycles. The number of aromatic nitrogens is 2. The molecule has 0 amide bonds. The third-order valence-corrected chi connectivity index (χ3v) is 11.4. The fourth-order valence-corrected chi connectivity index (χ4v) is 8.45. The van der Waals surface area contributed by atoms with Crippen LogP contribution in [-0.2, 0) is 20.1 Å². The summed E-state index contributed by atoms with van der Waals surface area (Å²) in [6.45, 7) is 21.7. The number of benzene rings is 4. The molecule has 51 heavy (non-hydrogen) atoms. The largest absolute Gasteiger partial charge is 0.501 e. The van der Waals surface area contributed by atoms with Crippen LogP contribution in [0.15, 0.2) is 102 Å². The van der Waals surface area contributed by atoms with Gasteiger partial charge in [0.25, 0.3) is 0 Å². The molecule has 0 bridgehead atoms. The topological polar surface area (TPSA) is 38.9 Å². The molecule has 0 aliphatic heterocycles. The Balaban J connectivity index is 0.000000217. The molecular weight excluding hydrogens is 817 g/mol. The Morgan fingerprint density at radius 3 is 2.16 bits per heavy atom. The van der Waals surface area contributed by atoms with Crippen LogP contribution in [0.25, 0.3) is 55.6 Å². The molecule has 0 atom stereocenters. The maximum atomic E-state index is 8.44. The molecule has 0 unspecified atom stereocenters. The van der Waals surface area contributed by atoms with Crippen LogP contribution in [0.5, 0.6) is 0 Å². The van der Waals surface area contributed by atoms with Gasteiger partial charge < -0.3 is 14.4 Å². The van der Waals surface area contributed by atoms with Crippen molar-refractivity contribution in [3.8, 4) is 33.6 Å². The molecule has 1 radical (unpaired) electrons. The minimum absolute atomic E-state index is 0. The minimum atomic E-state index is -1.50. The van der Waals surface area contributed by atoms with E-state index in [1.807, 2.05) is 62.6 Å². The Hall–Kier alpha value is -4.15. The van der Waals surface area contributed by atoms with Gasteiger partial charge in [0.1, 0.15) is 5.58 Å². The molecule has 0 N–H and O–H groups in total. The molecule has 4 aromatic carbocycles. The fourth-order valence-electron chi connectivity index (χ4n) is 6.87. The predicted octanol–water partition coefficient (Wildman–Crippen LogP) is 12.4. The average molecular weight is 866 g/mol. The Bertz CT molecular complexity index is 2330. The van der Waals surface area contributed by atoms with Crippen LogP contribution in [0.1, 0.15) is 68.7 Å². The van der Waals surface area contributed by atoms with E-state index in [0.717, 1.165) is 50.0 Å². The first-order chi connectivity index (χ1) is 24.1. The van der Waals surface area contributed by atoms with Crippen LogP contribution in [0.4, 0.5) is 0 Å². The third-order valence-electron chi connectivity index (χ3n) is 9.34. The number of furan rings is 1. The maximum Gasteiger partial charge on any atom is 0.120 e. The number of pyridine rings is 2. The number of nitrogens with zero attached hydrogens (tertiary/aromatic N) is 2. The van der Waals surface area contributed by atoms with Gasteiger partial charge in [-0.2, -0.15) is 0 Å². The fraction of sp³-hybridized carbons (Fsp3) is 0.261. The van der Waals surface area contributed by atoms with Crippen molar-refractivity contribution >= 4 is 35.2 Å². The summed E-state index contributed by atoms with van der Waals surface area (Å²) >= 11 is 0. The van der Waals surface area contributed by atoms with Gasteiger partial charge in [0.15, 0.2) is 0 Å². The summed E-state index contributed by atoms with van der Waals surface area (Å²) in [7, 11) is -1.50. The first kappa shape index (κ1) is 36.6. The number of hydrogen-bond acceptors (Lipinski definition) is 3. The van der Waals surface area contributed by atoms with E-state index in [2.05, 4.69) is 125 Å². The van der Waals surface area contributed by atoms with Crippen molar-refractivity contribution in [2.45, 2.75) is 79.9 Å². The van der Waals surface area contributed by atoms with Gasteiger partial charge in [-0.25, -0.2) is 0 Å². The molecule has 3 nitrogen and oxygen atoms in total. The third kappa shape index (κ3) is 8.02. The predicted molar refractivity (Wildman–Crippen MR) is 215 cm³/mol. The molecule has 5 heteroatoms. The van der Waals surface area contributed by atoms with Crippen molar-refractivity contribution in [3.63, 3.8) is 0 Å². The summed E-state index contributed by atoms with van der Waals surface area (Å²) in [5.41, 5.74) is 14.1. The van der Waals surface area contributed by atoms with Gasteiger partial charge in [0, 0.05) is 39.3 Å². The molecular formula is C46H48IrN2OSi-2. The van der Waals surface area contributed by atoms with Crippen molar-refractivity contribution in [2.75, 3.05) is 0 Å². The summed E-state index contributed by atoms with van der Waals surface area (Å²) < 4.78 is 14.9. The van der Waals surface area contributed by atoms with Gasteiger partial charge >= 0.3 is 0 Å². The molecule has 7 rings (SSSR count). The van der Waals surface area contributed by atoms with E-state index >= 15 is 0 Å². The van der Waals surface area contributed by atoms with Gasteiger partial charge in [-0.3, -0.25) is 0 Å². The van der Waals surface area contributed by atoms with E-state index in [0.29, 0.717) is 5.92 Å². The maximum absolute atomic E-state index is 8.44. The smallest absolute Gasteiger partial charge is 0.120 e. The second-order valence-corrected chi connectivity index (χ2v) is 20.0. The van der Waals surface area contributed by atoms with E-state index in [1.54, 1.807) is 0 Å². The number of hydrogen-bond donors (Lipinski definition) is 0. The second-order valence-electron chi connectivity index (χ2n) is 14.9. The SMILES string of the molecule is Cc1cc(C)c(-c2c[c-]c(-c3cc(C(C)C)ccn3)c3oc4ccccc4c23)c(C)c1.[2H]C(C)(C)c1cc(-c2[c-]cccc2)ncc1[Si](C)(C)C.[Ir]. The first-order valence-electron chi connectivity index (χ1n) is 18.0. The van der Waals surface area contributed by atoms with E-state index in [-0.39, 0.29) is 20.1 Å². The Kier molecular flexibility index (Phi) is 11.2. The molecule has 3 heterocycles. The zero-order valence-electron chi connectivity index (χ0n) is 32.5. The van der Waals surface area contributed by atoms with Crippen LogP contribution in [0, 0.1) is 32.9 Å². The van der Waals surface area contributed by atoms with Crippen molar-refractivity contribution in [1.82, 2.24) is 9.97 Å². The first-order valence-corrected chi connectivity index (χ1v) is 21.0. The molecule has 263 valence electrons. The van der Waals surface area contributed by atoms with Crippen LogP contribution in [0.3, 0.4) is 0 Å². The molecule has 7 aromatic rings. The van der Waals surface area contributed by atoms with E-state index in [1.165, 1.54) is 38.6 Å². The zero-order chi connectivity index (χ0) is 36.7.